The Morgan fingerprint density at radius 2 is 1.24 bits per heavy atom. The topological polar surface area (TPSA) is 43.8 Å². The van der Waals surface area contributed by atoms with Crippen molar-refractivity contribution < 1.29 is 9.90 Å². The Morgan fingerprint density at radius 1 is 0.758 bits per heavy atom. The molecule has 0 spiro atoms. The number of aliphatic carboxylic acids is 1. The lowest BCUT2D eigenvalue weighted by atomic mass is 10.0. The van der Waals surface area contributed by atoms with Crippen LogP contribution in [0, 0.1) is 0 Å². The molecular weight excluding hydrogens is 408 g/mol. The highest BCUT2D eigenvalue weighted by molar-refractivity contribution is 5.85. The van der Waals surface area contributed by atoms with Crippen LogP contribution in [-0.4, -0.2) is 48.7 Å². The molecule has 0 unspecified atom stereocenters. The molecule has 1 N–H and O–H groups in total. The lowest BCUT2D eigenvalue weighted by molar-refractivity contribution is -0.131. The van der Waals surface area contributed by atoms with Gasteiger partial charge in [0.15, 0.2) is 0 Å². The number of carbonyl (C=O) groups is 1. The van der Waals surface area contributed by atoms with E-state index in [2.05, 4.69) is 28.9 Å². The Labute approximate surface area is 203 Å². The number of hydrogen-bond donors (Lipinski definition) is 1. The summed E-state index contributed by atoms with van der Waals surface area (Å²) in [5.41, 5.74) is 2.16. The van der Waals surface area contributed by atoms with E-state index in [0.29, 0.717) is 0 Å². The van der Waals surface area contributed by atoms with Crippen LogP contribution in [0.5, 0.6) is 0 Å². The molecule has 1 aliphatic heterocycles. The molecule has 0 aromatic heterocycles. The third-order valence-corrected chi connectivity index (χ3v) is 6.88. The summed E-state index contributed by atoms with van der Waals surface area (Å²) in [5.74, 6) is -0.908. The fourth-order valence-corrected chi connectivity index (χ4v) is 4.72. The van der Waals surface area contributed by atoms with Crippen molar-refractivity contribution in [3.8, 4) is 0 Å². The van der Waals surface area contributed by atoms with E-state index in [4.69, 9.17) is 5.11 Å². The lowest BCUT2D eigenvalue weighted by Gasteiger charge is -2.36. The Balaban J connectivity index is 1.43. The van der Waals surface area contributed by atoms with E-state index in [9.17, 15) is 4.79 Å². The summed E-state index contributed by atoms with van der Waals surface area (Å²) in [5, 5.41) is 8.74. The quantitative estimate of drug-likeness (QED) is 0.185. The van der Waals surface area contributed by atoms with Crippen molar-refractivity contribution in [1.82, 2.24) is 4.90 Å². The van der Waals surface area contributed by atoms with E-state index in [-0.39, 0.29) is 0 Å². The number of hydrogen-bond acceptors (Lipinski definition) is 3. The summed E-state index contributed by atoms with van der Waals surface area (Å²) in [6, 6.07) is 8.20. The Hall–Kier alpha value is -1.81. The summed E-state index contributed by atoms with van der Waals surface area (Å²) < 4.78 is 0. The van der Waals surface area contributed by atoms with Gasteiger partial charge >= 0.3 is 5.97 Å². The van der Waals surface area contributed by atoms with E-state index >= 15 is 0 Å². The van der Waals surface area contributed by atoms with E-state index in [1.165, 1.54) is 108 Å². The standard InChI is InChI=1S/C29H48N2O2/c1-2-3-4-5-6-7-8-9-10-11-12-13-14-15-22-30-23-25-31(26-24-30)28-19-16-27(17-20-28)18-21-29(32)33/h16-21H,2-15,22-26H2,1H3,(H,32,33). The molecule has 0 amide bonds. The molecule has 186 valence electrons. The average molecular weight is 457 g/mol. The monoisotopic (exact) mass is 456 g/mol. The van der Waals surface area contributed by atoms with Crippen LogP contribution in [0.3, 0.4) is 0 Å². The average Bonchev–Trinajstić information content (AvgIpc) is 2.83. The van der Waals surface area contributed by atoms with Crippen LogP contribution in [0.15, 0.2) is 30.3 Å². The number of carboxylic acid groups (broad SMARTS) is 1. The van der Waals surface area contributed by atoms with Gasteiger partial charge in [-0.2, -0.15) is 0 Å². The molecule has 0 atom stereocenters. The molecule has 1 aromatic rings. The van der Waals surface area contributed by atoms with Gasteiger partial charge in [0.1, 0.15) is 0 Å². The molecule has 1 fully saturated rings. The number of benzene rings is 1. The first-order valence-corrected chi connectivity index (χ1v) is 13.7. The molecule has 1 heterocycles. The minimum Gasteiger partial charge on any atom is -0.478 e. The van der Waals surface area contributed by atoms with Gasteiger partial charge in [-0.25, -0.2) is 4.79 Å². The first-order chi connectivity index (χ1) is 16.2. The van der Waals surface area contributed by atoms with E-state index in [1.54, 1.807) is 6.08 Å². The van der Waals surface area contributed by atoms with Gasteiger partial charge in [0.25, 0.3) is 0 Å². The van der Waals surface area contributed by atoms with Gasteiger partial charge in [-0.15, -0.1) is 0 Å². The minimum atomic E-state index is -0.908. The number of unbranched alkanes of at least 4 members (excludes halogenated alkanes) is 13. The molecule has 1 aliphatic rings. The van der Waals surface area contributed by atoms with E-state index < -0.39 is 5.97 Å². The Kier molecular flexibility index (Phi) is 14.7. The molecule has 33 heavy (non-hydrogen) atoms. The second kappa shape index (κ2) is 17.6. The van der Waals surface area contributed by atoms with Crippen molar-refractivity contribution in [3.63, 3.8) is 0 Å². The maximum atomic E-state index is 10.6. The molecule has 2 rings (SSSR count). The third kappa shape index (κ3) is 12.9. The molecule has 4 nitrogen and oxygen atoms in total. The van der Waals surface area contributed by atoms with Gasteiger partial charge in [0.05, 0.1) is 0 Å². The highest BCUT2D eigenvalue weighted by Gasteiger charge is 2.16. The summed E-state index contributed by atoms with van der Waals surface area (Å²) >= 11 is 0. The SMILES string of the molecule is CCCCCCCCCCCCCCCCN1CCN(c2ccc(C=CC(=O)O)cc2)CC1. The minimum absolute atomic E-state index is 0.908. The smallest absolute Gasteiger partial charge is 0.328 e. The summed E-state index contributed by atoms with van der Waals surface area (Å²) in [6.07, 6.45) is 22.7. The summed E-state index contributed by atoms with van der Waals surface area (Å²) in [7, 11) is 0. The van der Waals surface area contributed by atoms with Gasteiger partial charge in [-0.05, 0) is 36.7 Å². The third-order valence-electron chi connectivity index (χ3n) is 6.88. The first kappa shape index (κ1) is 27.4. The second-order valence-corrected chi connectivity index (χ2v) is 9.69. The molecule has 0 aliphatic carbocycles. The Morgan fingerprint density at radius 3 is 1.73 bits per heavy atom. The number of rotatable bonds is 18. The van der Waals surface area contributed by atoms with Crippen molar-refractivity contribution in [2.75, 3.05) is 37.6 Å². The van der Waals surface area contributed by atoms with Crippen LogP contribution in [-0.2, 0) is 4.79 Å². The maximum absolute atomic E-state index is 10.6. The zero-order chi connectivity index (χ0) is 23.6. The molecule has 0 saturated carbocycles. The lowest BCUT2D eigenvalue weighted by Crippen LogP contribution is -2.46. The predicted molar refractivity (Wildman–Crippen MR) is 142 cm³/mol. The van der Waals surface area contributed by atoms with Gasteiger partial charge in [0.2, 0.25) is 0 Å². The molecule has 0 bridgehead atoms. The zero-order valence-corrected chi connectivity index (χ0v) is 21.1. The molecule has 1 saturated heterocycles. The van der Waals surface area contributed by atoms with Crippen molar-refractivity contribution in [1.29, 1.82) is 0 Å². The highest BCUT2D eigenvalue weighted by atomic mass is 16.4. The fraction of sp³-hybridized carbons (Fsp3) is 0.690. The van der Waals surface area contributed by atoms with Gasteiger partial charge in [-0.3, -0.25) is 4.90 Å². The van der Waals surface area contributed by atoms with Gasteiger partial charge < -0.3 is 10.0 Å². The predicted octanol–water partition coefficient (Wildman–Crippen LogP) is 7.39. The van der Waals surface area contributed by atoms with Crippen molar-refractivity contribution in [2.45, 2.75) is 96.8 Å². The van der Waals surface area contributed by atoms with Crippen molar-refractivity contribution in [3.05, 3.63) is 35.9 Å². The van der Waals surface area contributed by atoms with E-state index in [1.807, 2.05) is 12.1 Å². The van der Waals surface area contributed by atoms with Gasteiger partial charge in [-0.1, -0.05) is 103 Å². The number of piperazine rings is 1. The molecule has 0 radical (unpaired) electrons. The molecular formula is C29H48N2O2. The van der Waals surface area contributed by atoms with Crippen molar-refractivity contribution >= 4 is 17.7 Å². The van der Waals surface area contributed by atoms with Crippen LogP contribution in [0.4, 0.5) is 5.69 Å². The molecule has 1 aromatic carbocycles. The summed E-state index contributed by atoms with van der Waals surface area (Å²) in [4.78, 5) is 15.7. The molecule has 4 heteroatoms. The zero-order valence-electron chi connectivity index (χ0n) is 21.1. The largest absolute Gasteiger partial charge is 0.478 e. The normalized spacial score (nSPS) is 14.9. The second-order valence-electron chi connectivity index (χ2n) is 9.69. The van der Waals surface area contributed by atoms with Gasteiger partial charge in [0, 0.05) is 37.9 Å². The Bertz CT molecular complexity index is 648. The fourth-order valence-electron chi connectivity index (χ4n) is 4.72. The number of anilines is 1. The highest BCUT2D eigenvalue weighted by Crippen LogP contribution is 2.19. The van der Waals surface area contributed by atoms with Crippen LogP contribution in [0.25, 0.3) is 6.08 Å². The van der Waals surface area contributed by atoms with Crippen LogP contribution in [0.1, 0.15) is 102 Å². The maximum Gasteiger partial charge on any atom is 0.328 e. The van der Waals surface area contributed by atoms with Crippen LogP contribution in [0.2, 0.25) is 0 Å². The van der Waals surface area contributed by atoms with E-state index in [0.717, 1.165) is 31.7 Å². The summed E-state index contributed by atoms with van der Waals surface area (Å²) in [6.45, 7) is 7.95. The van der Waals surface area contributed by atoms with Crippen LogP contribution >= 0.6 is 0 Å². The number of nitrogens with zero attached hydrogens (tertiary/aromatic N) is 2. The van der Waals surface area contributed by atoms with Crippen LogP contribution < -0.4 is 4.90 Å². The van der Waals surface area contributed by atoms with Crippen molar-refractivity contribution in [2.24, 2.45) is 0 Å². The number of carboxylic acids is 1. The first-order valence-electron chi connectivity index (χ1n) is 13.7.